The standard InChI is InChI=1S/C10H11ClN4/c1-6-7(2)14-15(10(6)12)9-4-3-8(11)5-13-9/h3-5H,12H2,1-2H3. The van der Waals surface area contributed by atoms with Gasteiger partial charge in [-0.1, -0.05) is 11.6 Å². The molecule has 0 atom stereocenters. The van der Waals surface area contributed by atoms with Gasteiger partial charge < -0.3 is 5.73 Å². The van der Waals surface area contributed by atoms with E-state index in [4.69, 9.17) is 17.3 Å². The summed E-state index contributed by atoms with van der Waals surface area (Å²) >= 11 is 5.75. The van der Waals surface area contributed by atoms with Crippen LogP contribution in [0.3, 0.4) is 0 Å². The molecule has 0 aliphatic heterocycles. The summed E-state index contributed by atoms with van der Waals surface area (Å²) in [5.41, 5.74) is 7.79. The summed E-state index contributed by atoms with van der Waals surface area (Å²) in [6.45, 7) is 3.85. The lowest BCUT2D eigenvalue weighted by Gasteiger charge is -2.02. The molecular weight excluding hydrogens is 212 g/mol. The number of hydrogen-bond donors (Lipinski definition) is 1. The number of halogens is 1. The van der Waals surface area contributed by atoms with Gasteiger partial charge in [0.2, 0.25) is 0 Å². The van der Waals surface area contributed by atoms with Crippen molar-refractivity contribution in [3.63, 3.8) is 0 Å². The molecule has 0 unspecified atom stereocenters. The molecule has 2 aromatic rings. The van der Waals surface area contributed by atoms with Crippen molar-refractivity contribution in [1.29, 1.82) is 0 Å². The smallest absolute Gasteiger partial charge is 0.155 e. The van der Waals surface area contributed by atoms with Gasteiger partial charge in [-0.15, -0.1) is 0 Å². The third-order valence-corrected chi connectivity index (χ3v) is 2.56. The summed E-state index contributed by atoms with van der Waals surface area (Å²) in [6.07, 6.45) is 1.57. The SMILES string of the molecule is Cc1nn(-c2ccc(Cl)cn2)c(N)c1C. The molecule has 0 fully saturated rings. The first-order valence-corrected chi connectivity index (χ1v) is 4.91. The second-order valence-corrected chi connectivity index (χ2v) is 3.78. The predicted molar refractivity (Wildman–Crippen MR) is 60.3 cm³/mol. The lowest BCUT2D eigenvalue weighted by Crippen LogP contribution is -2.04. The maximum absolute atomic E-state index is 5.90. The highest BCUT2D eigenvalue weighted by Gasteiger charge is 2.10. The zero-order valence-electron chi connectivity index (χ0n) is 8.53. The molecule has 78 valence electrons. The average Bonchev–Trinajstić information content (AvgIpc) is 2.47. The number of nitrogen functional groups attached to an aromatic ring is 1. The molecule has 0 aliphatic carbocycles. The van der Waals surface area contributed by atoms with Crippen molar-refractivity contribution in [1.82, 2.24) is 14.8 Å². The number of rotatable bonds is 1. The van der Waals surface area contributed by atoms with E-state index in [0.29, 0.717) is 16.7 Å². The van der Waals surface area contributed by atoms with Crippen molar-refractivity contribution in [3.05, 3.63) is 34.6 Å². The Morgan fingerprint density at radius 1 is 1.33 bits per heavy atom. The Morgan fingerprint density at radius 3 is 2.53 bits per heavy atom. The number of hydrogen-bond acceptors (Lipinski definition) is 3. The third-order valence-electron chi connectivity index (χ3n) is 2.33. The number of nitrogens with two attached hydrogens (primary N) is 1. The molecule has 0 amide bonds. The van der Waals surface area contributed by atoms with Crippen molar-refractivity contribution >= 4 is 17.4 Å². The van der Waals surface area contributed by atoms with Crippen LogP contribution in [0.4, 0.5) is 5.82 Å². The molecule has 4 nitrogen and oxygen atoms in total. The van der Waals surface area contributed by atoms with E-state index in [2.05, 4.69) is 10.1 Å². The largest absolute Gasteiger partial charge is 0.383 e. The first-order chi connectivity index (χ1) is 7.09. The van der Waals surface area contributed by atoms with Gasteiger partial charge in [-0.25, -0.2) is 4.98 Å². The van der Waals surface area contributed by atoms with Gasteiger partial charge in [0.1, 0.15) is 5.82 Å². The third kappa shape index (κ3) is 1.68. The fraction of sp³-hybridized carbons (Fsp3) is 0.200. The van der Waals surface area contributed by atoms with Gasteiger partial charge in [-0.05, 0) is 26.0 Å². The number of aryl methyl sites for hydroxylation is 1. The monoisotopic (exact) mass is 222 g/mol. The van der Waals surface area contributed by atoms with Gasteiger partial charge in [0.05, 0.1) is 10.7 Å². The van der Waals surface area contributed by atoms with Crippen LogP contribution in [0, 0.1) is 13.8 Å². The van der Waals surface area contributed by atoms with E-state index >= 15 is 0 Å². The molecule has 0 aromatic carbocycles. The highest BCUT2D eigenvalue weighted by atomic mass is 35.5. The number of pyridine rings is 1. The molecule has 0 spiro atoms. The minimum atomic E-state index is 0.595. The van der Waals surface area contributed by atoms with Crippen molar-refractivity contribution < 1.29 is 0 Å². The van der Waals surface area contributed by atoms with E-state index < -0.39 is 0 Å². The Hall–Kier alpha value is -1.55. The zero-order valence-corrected chi connectivity index (χ0v) is 9.28. The second kappa shape index (κ2) is 3.55. The lowest BCUT2D eigenvalue weighted by atomic mass is 10.3. The molecule has 0 aliphatic rings. The Morgan fingerprint density at radius 2 is 2.07 bits per heavy atom. The van der Waals surface area contributed by atoms with E-state index in [1.807, 2.05) is 13.8 Å². The van der Waals surface area contributed by atoms with Gasteiger partial charge in [0.25, 0.3) is 0 Å². The van der Waals surface area contributed by atoms with Crippen LogP contribution in [0.25, 0.3) is 5.82 Å². The summed E-state index contributed by atoms with van der Waals surface area (Å²) < 4.78 is 1.61. The van der Waals surface area contributed by atoms with Crippen molar-refractivity contribution in [2.24, 2.45) is 0 Å². The highest BCUT2D eigenvalue weighted by molar-refractivity contribution is 6.30. The fourth-order valence-electron chi connectivity index (χ4n) is 1.29. The zero-order chi connectivity index (χ0) is 11.0. The molecule has 15 heavy (non-hydrogen) atoms. The molecular formula is C10H11ClN4. The van der Waals surface area contributed by atoms with Crippen LogP contribution in [0.1, 0.15) is 11.3 Å². The Bertz CT molecular complexity index is 487. The molecule has 2 aromatic heterocycles. The van der Waals surface area contributed by atoms with E-state index in [0.717, 1.165) is 11.3 Å². The van der Waals surface area contributed by atoms with Crippen molar-refractivity contribution in [2.45, 2.75) is 13.8 Å². The molecule has 5 heteroatoms. The maximum Gasteiger partial charge on any atom is 0.155 e. The summed E-state index contributed by atoms with van der Waals surface area (Å²) in [4.78, 5) is 4.15. The minimum absolute atomic E-state index is 0.595. The summed E-state index contributed by atoms with van der Waals surface area (Å²) in [5.74, 6) is 1.29. The Labute approximate surface area is 92.7 Å². The average molecular weight is 223 g/mol. The lowest BCUT2D eigenvalue weighted by molar-refractivity contribution is 0.842. The minimum Gasteiger partial charge on any atom is -0.383 e. The summed E-state index contributed by atoms with van der Waals surface area (Å²) in [6, 6.07) is 3.54. The van der Waals surface area contributed by atoms with Crippen LogP contribution in [0.5, 0.6) is 0 Å². The van der Waals surface area contributed by atoms with Gasteiger partial charge in [0, 0.05) is 11.8 Å². The Balaban J connectivity index is 2.54. The second-order valence-electron chi connectivity index (χ2n) is 3.34. The maximum atomic E-state index is 5.90. The summed E-state index contributed by atoms with van der Waals surface area (Å²) in [5, 5.41) is 4.89. The molecule has 0 saturated heterocycles. The Kier molecular flexibility index (Phi) is 2.36. The van der Waals surface area contributed by atoms with Gasteiger partial charge >= 0.3 is 0 Å². The molecule has 2 rings (SSSR count). The van der Waals surface area contributed by atoms with E-state index in [1.165, 1.54) is 0 Å². The summed E-state index contributed by atoms with van der Waals surface area (Å²) in [7, 11) is 0. The normalized spacial score (nSPS) is 10.6. The fourth-order valence-corrected chi connectivity index (χ4v) is 1.40. The first kappa shape index (κ1) is 9.98. The first-order valence-electron chi connectivity index (χ1n) is 4.53. The van der Waals surface area contributed by atoms with Crippen molar-refractivity contribution in [3.8, 4) is 5.82 Å². The number of nitrogens with zero attached hydrogens (tertiary/aromatic N) is 3. The van der Waals surface area contributed by atoms with Crippen LogP contribution < -0.4 is 5.73 Å². The van der Waals surface area contributed by atoms with Gasteiger partial charge in [-0.3, -0.25) is 0 Å². The van der Waals surface area contributed by atoms with E-state index in [9.17, 15) is 0 Å². The van der Waals surface area contributed by atoms with Crippen LogP contribution in [0.15, 0.2) is 18.3 Å². The van der Waals surface area contributed by atoms with Crippen molar-refractivity contribution in [2.75, 3.05) is 5.73 Å². The van der Waals surface area contributed by atoms with Crippen LogP contribution in [-0.4, -0.2) is 14.8 Å². The van der Waals surface area contributed by atoms with Gasteiger partial charge in [-0.2, -0.15) is 9.78 Å². The van der Waals surface area contributed by atoms with E-state index in [1.54, 1.807) is 23.0 Å². The number of anilines is 1. The predicted octanol–water partition coefficient (Wildman–Crippen LogP) is 2.12. The topological polar surface area (TPSA) is 56.7 Å². The van der Waals surface area contributed by atoms with Crippen LogP contribution >= 0.6 is 11.6 Å². The molecule has 0 radical (unpaired) electrons. The molecule has 2 heterocycles. The molecule has 0 saturated carbocycles. The van der Waals surface area contributed by atoms with E-state index in [-0.39, 0.29) is 0 Å². The van der Waals surface area contributed by atoms with Crippen LogP contribution in [0.2, 0.25) is 5.02 Å². The van der Waals surface area contributed by atoms with Gasteiger partial charge in [0.15, 0.2) is 5.82 Å². The quantitative estimate of drug-likeness (QED) is 0.804. The molecule has 2 N–H and O–H groups in total. The molecule has 0 bridgehead atoms. The van der Waals surface area contributed by atoms with Crippen LogP contribution in [-0.2, 0) is 0 Å². The highest BCUT2D eigenvalue weighted by Crippen LogP contribution is 2.18. The number of aromatic nitrogens is 3.